The quantitative estimate of drug-likeness (QED) is 0.765. The van der Waals surface area contributed by atoms with Gasteiger partial charge in [0.1, 0.15) is 12.1 Å². The number of fused-ring (bicyclic) bond motifs is 1. The maximum Gasteiger partial charge on any atom is 0.248 e. The lowest BCUT2D eigenvalue weighted by molar-refractivity contribution is 0.100. The first-order chi connectivity index (χ1) is 10.1. The van der Waals surface area contributed by atoms with E-state index in [-0.39, 0.29) is 0 Å². The fraction of sp³-hybridized carbons (Fsp3) is 0. The van der Waals surface area contributed by atoms with E-state index in [0.29, 0.717) is 11.4 Å². The van der Waals surface area contributed by atoms with Gasteiger partial charge in [-0.15, -0.1) is 0 Å². The van der Waals surface area contributed by atoms with Crippen molar-refractivity contribution in [2.45, 2.75) is 0 Å². The smallest absolute Gasteiger partial charge is 0.248 e. The summed E-state index contributed by atoms with van der Waals surface area (Å²) in [5.74, 6) is 0.256. The number of anilines is 2. The Kier molecular flexibility index (Phi) is 3.53. The number of amides is 1. The number of carbonyl (C=O) groups excluding carboxylic acids is 1. The highest BCUT2D eigenvalue weighted by Gasteiger charge is 2.05. The molecule has 3 N–H and O–H groups in total. The average molecular weight is 343 g/mol. The number of hydrogen-bond acceptors (Lipinski definition) is 4. The van der Waals surface area contributed by atoms with Crippen LogP contribution in [-0.4, -0.2) is 15.9 Å². The fourth-order valence-electron chi connectivity index (χ4n) is 1.98. The van der Waals surface area contributed by atoms with Gasteiger partial charge in [-0.05, 0) is 42.5 Å². The van der Waals surface area contributed by atoms with E-state index in [1.807, 2.05) is 18.2 Å². The number of hydrogen-bond donors (Lipinski definition) is 2. The highest BCUT2D eigenvalue weighted by atomic mass is 79.9. The molecular formula is C15H11BrN4O. The number of benzene rings is 2. The van der Waals surface area contributed by atoms with Crippen LogP contribution in [-0.2, 0) is 0 Å². The number of rotatable bonds is 3. The molecule has 1 aromatic heterocycles. The molecule has 0 saturated carbocycles. The first kappa shape index (κ1) is 13.5. The van der Waals surface area contributed by atoms with E-state index >= 15 is 0 Å². The summed E-state index contributed by atoms with van der Waals surface area (Å²) < 4.78 is 0.955. The van der Waals surface area contributed by atoms with E-state index in [2.05, 4.69) is 31.2 Å². The van der Waals surface area contributed by atoms with Crippen LogP contribution in [0, 0.1) is 0 Å². The topological polar surface area (TPSA) is 80.9 Å². The van der Waals surface area contributed by atoms with E-state index in [0.717, 1.165) is 21.1 Å². The number of halogens is 1. The zero-order valence-electron chi connectivity index (χ0n) is 10.9. The van der Waals surface area contributed by atoms with Crippen LogP contribution in [0.4, 0.5) is 11.5 Å². The molecule has 3 rings (SSSR count). The summed E-state index contributed by atoms with van der Waals surface area (Å²) in [6.07, 6.45) is 1.51. The van der Waals surface area contributed by atoms with E-state index in [4.69, 9.17) is 5.73 Å². The third-order valence-corrected chi connectivity index (χ3v) is 3.52. The first-order valence-corrected chi connectivity index (χ1v) is 7.00. The van der Waals surface area contributed by atoms with Gasteiger partial charge in [-0.1, -0.05) is 15.9 Å². The molecule has 2 aromatic carbocycles. The zero-order chi connectivity index (χ0) is 14.8. The summed E-state index contributed by atoms with van der Waals surface area (Å²) in [6.45, 7) is 0. The van der Waals surface area contributed by atoms with Crippen molar-refractivity contribution >= 4 is 44.2 Å². The van der Waals surface area contributed by atoms with E-state index in [1.54, 1.807) is 24.3 Å². The van der Waals surface area contributed by atoms with Crippen molar-refractivity contribution in [3.05, 3.63) is 58.8 Å². The molecule has 1 amide bonds. The van der Waals surface area contributed by atoms with Crippen LogP contribution in [0.1, 0.15) is 10.4 Å². The van der Waals surface area contributed by atoms with Gasteiger partial charge in [0.25, 0.3) is 0 Å². The first-order valence-electron chi connectivity index (χ1n) is 6.20. The van der Waals surface area contributed by atoms with Crippen LogP contribution in [0.5, 0.6) is 0 Å². The van der Waals surface area contributed by atoms with Gasteiger partial charge in [-0.25, -0.2) is 9.97 Å². The second-order valence-electron chi connectivity index (χ2n) is 4.45. The Morgan fingerprint density at radius 3 is 2.57 bits per heavy atom. The van der Waals surface area contributed by atoms with Gasteiger partial charge >= 0.3 is 0 Å². The van der Waals surface area contributed by atoms with E-state index in [9.17, 15) is 4.79 Å². The predicted octanol–water partition coefficient (Wildman–Crippen LogP) is 3.23. The normalized spacial score (nSPS) is 10.5. The fourth-order valence-corrected chi connectivity index (χ4v) is 2.34. The van der Waals surface area contributed by atoms with Crippen molar-refractivity contribution in [2.75, 3.05) is 5.32 Å². The van der Waals surface area contributed by atoms with Crippen molar-refractivity contribution in [3.8, 4) is 0 Å². The van der Waals surface area contributed by atoms with Crippen LogP contribution in [0.2, 0.25) is 0 Å². The largest absolute Gasteiger partial charge is 0.366 e. The van der Waals surface area contributed by atoms with Crippen LogP contribution >= 0.6 is 15.9 Å². The molecule has 0 saturated heterocycles. The van der Waals surface area contributed by atoms with Crippen molar-refractivity contribution in [1.29, 1.82) is 0 Å². The lowest BCUT2D eigenvalue weighted by Crippen LogP contribution is -2.10. The van der Waals surface area contributed by atoms with Gasteiger partial charge in [0.2, 0.25) is 5.91 Å². The molecule has 0 fully saturated rings. The molecule has 0 radical (unpaired) electrons. The molecule has 0 aliphatic heterocycles. The summed E-state index contributed by atoms with van der Waals surface area (Å²) in [5.41, 5.74) is 7.36. The Labute approximate surface area is 129 Å². The molecule has 3 aromatic rings. The lowest BCUT2D eigenvalue weighted by Gasteiger charge is -2.09. The van der Waals surface area contributed by atoms with Gasteiger partial charge in [0, 0.05) is 21.1 Å². The number of aromatic nitrogens is 2. The Morgan fingerprint density at radius 1 is 1.10 bits per heavy atom. The average Bonchev–Trinajstić information content (AvgIpc) is 2.48. The van der Waals surface area contributed by atoms with E-state index in [1.165, 1.54) is 6.33 Å². The van der Waals surface area contributed by atoms with Crippen LogP contribution in [0.15, 0.2) is 53.3 Å². The van der Waals surface area contributed by atoms with Crippen molar-refractivity contribution in [2.24, 2.45) is 5.73 Å². The molecule has 0 bridgehead atoms. The summed E-state index contributed by atoms with van der Waals surface area (Å²) in [5, 5.41) is 4.12. The molecule has 0 aliphatic rings. The Morgan fingerprint density at radius 2 is 1.86 bits per heavy atom. The monoisotopic (exact) mass is 342 g/mol. The third kappa shape index (κ3) is 2.85. The number of nitrogens with two attached hydrogens (primary N) is 1. The summed E-state index contributed by atoms with van der Waals surface area (Å²) >= 11 is 3.44. The second kappa shape index (κ2) is 5.49. The van der Waals surface area contributed by atoms with Gasteiger partial charge in [0.15, 0.2) is 0 Å². The van der Waals surface area contributed by atoms with Gasteiger partial charge in [-0.2, -0.15) is 0 Å². The SMILES string of the molecule is NC(=O)c1ccc(Nc2ncnc3ccc(Br)cc23)cc1. The molecule has 6 heteroatoms. The zero-order valence-corrected chi connectivity index (χ0v) is 12.5. The van der Waals surface area contributed by atoms with Crippen LogP contribution in [0.25, 0.3) is 10.9 Å². The molecule has 21 heavy (non-hydrogen) atoms. The number of carbonyl (C=O) groups is 1. The summed E-state index contributed by atoms with van der Waals surface area (Å²) in [4.78, 5) is 19.6. The minimum absolute atomic E-state index is 0.446. The minimum atomic E-state index is -0.446. The predicted molar refractivity (Wildman–Crippen MR) is 85.5 cm³/mol. The van der Waals surface area contributed by atoms with E-state index < -0.39 is 5.91 Å². The number of nitrogens with zero attached hydrogens (tertiary/aromatic N) is 2. The van der Waals surface area contributed by atoms with Crippen LogP contribution < -0.4 is 11.1 Å². The van der Waals surface area contributed by atoms with Crippen molar-refractivity contribution < 1.29 is 4.79 Å². The number of primary amides is 1. The Hall–Kier alpha value is -2.47. The van der Waals surface area contributed by atoms with Gasteiger partial charge < -0.3 is 11.1 Å². The Bertz CT molecular complexity index is 818. The van der Waals surface area contributed by atoms with Crippen LogP contribution in [0.3, 0.4) is 0 Å². The van der Waals surface area contributed by atoms with Crippen molar-refractivity contribution in [1.82, 2.24) is 9.97 Å². The van der Waals surface area contributed by atoms with Gasteiger partial charge in [-0.3, -0.25) is 4.79 Å². The maximum absolute atomic E-state index is 11.1. The molecule has 0 atom stereocenters. The standard InChI is InChI=1S/C15H11BrN4O/c16-10-3-6-13-12(7-10)15(19-8-18-13)20-11-4-1-9(2-5-11)14(17)21/h1-8H,(H2,17,21)(H,18,19,20). The van der Waals surface area contributed by atoms with Gasteiger partial charge in [0.05, 0.1) is 5.52 Å². The summed E-state index contributed by atoms with van der Waals surface area (Å²) in [7, 11) is 0. The molecule has 104 valence electrons. The minimum Gasteiger partial charge on any atom is -0.366 e. The second-order valence-corrected chi connectivity index (χ2v) is 5.37. The highest BCUT2D eigenvalue weighted by Crippen LogP contribution is 2.25. The number of nitrogens with one attached hydrogen (secondary N) is 1. The van der Waals surface area contributed by atoms with Crippen molar-refractivity contribution in [3.63, 3.8) is 0 Å². The molecule has 1 heterocycles. The molecule has 0 spiro atoms. The molecular weight excluding hydrogens is 332 g/mol. The third-order valence-electron chi connectivity index (χ3n) is 3.03. The molecule has 0 aliphatic carbocycles. The molecule has 0 unspecified atom stereocenters. The highest BCUT2D eigenvalue weighted by molar-refractivity contribution is 9.10. The summed E-state index contributed by atoms with van der Waals surface area (Å²) in [6, 6.07) is 12.7. The Balaban J connectivity index is 1.97. The maximum atomic E-state index is 11.1. The lowest BCUT2D eigenvalue weighted by atomic mass is 10.2. The molecule has 5 nitrogen and oxygen atoms in total.